The topological polar surface area (TPSA) is 155 Å². The zero-order valence-electron chi connectivity index (χ0n) is 19.1. The predicted molar refractivity (Wildman–Crippen MR) is 148 cm³/mol. The Labute approximate surface area is 227 Å². The van der Waals surface area contributed by atoms with Crippen LogP contribution in [0.4, 0.5) is 16.2 Å². The van der Waals surface area contributed by atoms with Crippen molar-refractivity contribution >= 4 is 72.6 Å². The number of fused-ring (bicyclic) bond motifs is 1. The molecule has 15 heteroatoms. The molecule has 0 bridgehead atoms. The molecule has 0 saturated carbocycles. The van der Waals surface area contributed by atoms with Gasteiger partial charge in [0.25, 0.3) is 15.6 Å². The number of rotatable bonds is 7. The Hall–Kier alpha value is -3.98. The summed E-state index contributed by atoms with van der Waals surface area (Å²) in [6, 6.07) is 12.5. The number of H-pyrrole nitrogens is 1. The Kier molecular flexibility index (Phi) is 7.03. The predicted octanol–water partition coefficient (Wildman–Crippen LogP) is 3.97. The number of carbonyl (C=O) groups is 1. The lowest BCUT2D eigenvalue weighted by molar-refractivity contribution is 0.256. The molecule has 0 fully saturated rings. The quantitative estimate of drug-likeness (QED) is 0.224. The van der Waals surface area contributed by atoms with Crippen LogP contribution in [-0.4, -0.2) is 29.0 Å². The van der Waals surface area contributed by atoms with Crippen molar-refractivity contribution in [3.05, 3.63) is 96.4 Å². The van der Waals surface area contributed by atoms with E-state index in [2.05, 4.69) is 20.6 Å². The van der Waals surface area contributed by atoms with Crippen LogP contribution < -0.4 is 26.6 Å². The van der Waals surface area contributed by atoms with Gasteiger partial charge in [0.1, 0.15) is 9.22 Å². The van der Waals surface area contributed by atoms with Crippen molar-refractivity contribution in [2.45, 2.75) is 10.8 Å². The molecule has 3 aromatic heterocycles. The van der Waals surface area contributed by atoms with Crippen LogP contribution in [0.15, 0.2) is 80.0 Å². The third kappa shape index (κ3) is 5.47. The summed E-state index contributed by atoms with van der Waals surface area (Å²) < 4.78 is 27.6. The minimum Gasteiger partial charge on any atom is -0.378 e. The maximum atomic E-state index is 13.1. The van der Waals surface area contributed by atoms with Crippen LogP contribution >= 0.6 is 34.3 Å². The fourth-order valence-corrected chi connectivity index (χ4v) is 6.49. The van der Waals surface area contributed by atoms with Gasteiger partial charge in [0.2, 0.25) is 0 Å². The van der Waals surface area contributed by atoms with Crippen LogP contribution in [0.25, 0.3) is 16.6 Å². The van der Waals surface area contributed by atoms with Gasteiger partial charge in [-0.3, -0.25) is 4.79 Å². The van der Waals surface area contributed by atoms with Gasteiger partial charge in [-0.2, -0.15) is 0 Å². The SMILES string of the molecule is O=C(Nc1ccc(-n2c(=O)[nH]c3cc(NCc4nccs4)ccc3c2=O)cc1)NS(=O)(=O)c1ccc(Cl)s1. The lowest BCUT2D eigenvalue weighted by Gasteiger charge is -2.10. The number of aromatic amines is 1. The Morgan fingerprint density at radius 2 is 1.82 bits per heavy atom. The van der Waals surface area contributed by atoms with E-state index >= 15 is 0 Å². The zero-order valence-corrected chi connectivity index (χ0v) is 22.3. The summed E-state index contributed by atoms with van der Waals surface area (Å²) in [6.07, 6.45) is 1.72. The molecule has 0 atom stereocenters. The number of aromatic nitrogens is 3. The Morgan fingerprint density at radius 3 is 2.50 bits per heavy atom. The highest BCUT2D eigenvalue weighted by atomic mass is 35.5. The van der Waals surface area contributed by atoms with E-state index in [1.165, 1.54) is 47.7 Å². The van der Waals surface area contributed by atoms with Gasteiger partial charge in [0, 0.05) is 23.0 Å². The fraction of sp³-hybridized carbons (Fsp3) is 0.0435. The molecule has 0 saturated heterocycles. The number of sulfonamides is 1. The molecule has 194 valence electrons. The molecule has 0 unspecified atom stereocenters. The first-order chi connectivity index (χ1) is 18.2. The maximum Gasteiger partial charge on any atom is 0.333 e. The van der Waals surface area contributed by atoms with Crippen LogP contribution in [0, 0.1) is 0 Å². The monoisotopic (exact) mass is 588 g/mol. The molecule has 38 heavy (non-hydrogen) atoms. The fourth-order valence-electron chi connectivity index (χ4n) is 3.55. The number of anilines is 2. The van der Waals surface area contributed by atoms with Gasteiger partial charge in [-0.25, -0.2) is 32.3 Å². The number of carbonyl (C=O) groups excluding carboxylic acids is 1. The second kappa shape index (κ2) is 10.4. The molecule has 2 amide bonds. The van der Waals surface area contributed by atoms with E-state index < -0.39 is 27.3 Å². The highest BCUT2D eigenvalue weighted by molar-refractivity contribution is 7.92. The van der Waals surface area contributed by atoms with E-state index in [9.17, 15) is 22.8 Å². The van der Waals surface area contributed by atoms with Crippen molar-refractivity contribution in [3.63, 3.8) is 0 Å². The molecular weight excluding hydrogens is 572 g/mol. The molecule has 5 aromatic rings. The summed E-state index contributed by atoms with van der Waals surface area (Å²) in [5.74, 6) is 0. The average molecular weight is 589 g/mol. The van der Waals surface area contributed by atoms with E-state index in [1.54, 1.807) is 24.4 Å². The molecule has 3 heterocycles. The summed E-state index contributed by atoms with van der Waals surface area (Å²) in [7, 11) is -4.09. The summed E-state index contributed by atoms with van der Waals surface area (Å²) in [6.45, 7) is 0.511. The largest absolute Gasteiger partial charge is 0.378 e. The van der Waals surface area contributed by atoms with Crippen molar-refractivity contribution in [2.75, 3.05) is 10.6 Å². The van der Waals surface area contributed by atoms with Gasteiger partial charge >= 0.3 is 11.7 Å². The number of nitrogens with zero attached hydrogens (tertiary/aromatic N) is 2. The van der Waals surface area contributed by atoms with Crippen molar-refractivity contribution in [3.8, 4) is 5.69 Å². The number of nitrogens with one attached hydrogen (secondary N) is 4. The molecule has 2 aromatic carbocycles. The van der Waals surface area contributed by atoms with Crippen LogP contribution in [0.2, 0.25) is 4.34 Å². The lowest BCUT2D eigenvalue weighted by atomic mass is 10.2. The number of urea groups is 1. The van der Waals surface area contributed by atoms with E-state index in [0.29, 0.717) is 17.4 Å². The van der Waals surface area contributed by atoms with Crippen LogP contribution in [0.1, 0.15) is 5.01 Å². The molecule has 0 aliphatic carbocycles. The second-order valence-electron chi connectivity index (χ2n) is 7.78. The van der Waals surface area contributed by atoms with E-state index in [1.807, 2.05) is 10.1 Å². The zero-order chi connectivity index (χ0) is 26.9. The van der Waals surface area contributed by atoms with Gasteiger partial charge in [0.05, 0.1) is 27.5 Å². The molecule has 0 aliphatic rings. The molecule has 0 spiro atoms. The average Bonchev–Trinajstić information content (AvgIpc) is 3.55. The van der Waals surface area contributed by atoms with Gasteiger partial charge < -0.3 is 15.6 Å². The van der Waals surface area contributed by atoms with Crippen molar-refractivity contribution in [1.82, 2.24) is 19.3 Å². The van der Waals surface area contributed by atoms with Gasteiger partial charge in [0.15, 0.2) is 0 Å². The first-order valence-corrected chi connectivity index (χ1v) is 14.4. The van der Waals surface area contributed by atoms with Crippen LogP contribution in [0.5, 0.6) is 0 Å². The number of amides is 2. The standard InChI is InChI=1S/C23H17ClN6O5S3/c24-18-7-8-20(37-18)38(34,35)29-22(32)27-13-1-4-15(5-2-13)30-21(31)16-6-3-14(11-17(16)28-23(30)33)26-12-19-25-9-10-36-19/h1-11,26H,12H2,(H,28,33)(H2,27,29,32). The number of thiazole rings is 1. The van der Waals surface area contributed by atoms with E-state index in [-0.39, 0.29) is 19.9 Å². The Bertz CT molecular complexity index is 1860. The Balaban J connectivity index is 1.33. The second-order valence-corrected chi connectivity index (χ2v) is 12.4. The number of benzene rings is 2. The van der Waals surface area contributed by atoms with Crippen molar-refractivity contribution in [1.29, 1.82) is 0 Å². The van der Waals surface area contributed by atoms with E-state index in [4.69, 9.17) is 11.6 Å². The molecule has 11 nitrogen and oxygen atoms in total. The maximum absolute atomic E-state index is 13.1. The first-order valence-electron chi connectivity index (χ1n) is 10.8. The third-order valence-electron chi connectivity index (χ3n) is 5.25. The van der Waals surface area contributed by atoms with Gasteiger partial charge in [-0.1, -0.05) is 11.6 Å². The minimum atomic E-state index is -4.09. The molecule has 0 radical (unpaired) electrons. The highest BCUT2D eigenvalue weighted by Crippen LogP contribution is 2.25. The minimum absolute atomic E-state index is 0.106. The number of hydrogen-bond acceptors (Lipinski definition) is 9. The van der Waals surface area contributed by atoms with Crippen LogP contribution in [-0.2, 0) is 16.6 Å². The number of halogens is 1. The summed E-state index contributed by atoms with van der Waals surface area (Å²) in [5.41, 5.74) is 0.442. The number of thiophene rings is 1. The summed E-state index contributed by atoms with van der Waals surface area (Å²) >= 11 is 8.09. The van der Waals surface area contributed by atoms with Gasteiger partial charge in [-0.05, 0) is 54.6 Å². The lowest BCUT2D eigenvalue weighted by Crippen LogP contribution is -2.34. The smallest absolute Gasteiger partial charge is 0.333 e. The molecule has 5 rings (SSSR count). The van der Waals surface area contributed by atoms with Crippen molar-refractivity contribution < 1.29 is 13.2 Å². The summed E-state index contributed by atoms with van der Waals surface area (Å²) in [5, 5.41) is 8.69. The summed E-state index contributed by atoms with van der Waals surface area (Å²) in [4.78, 5) is 45.0. The first kappa shape index (κ1) is 25.7. The molecule has 0 aliphatic heterocycles. The number of hydrogen-bond donors (Lipinski definition) is 4. The van der Waals surface area contributed by atoms with E-state index in [0.717, 1.165) is 26.6 Å². The highest BCUT2D eigenvalue weighted by Gasteiger charge is 2.20. The van der Waals surface area contributed by atoms with Crippen molar-refractivity contribution in [2.24, 2.45) is 0 Å². The Morgan fingerprint density at radius 1 is 1.05 bits per heavy atom. The third-order valence-corrected chi connectivity index (χ3v) is 9.08. The molecular formula is C23H17ClN6O5S3. The van der Waals surface area contributed by atoms with Crippen LogP contribution in [0.3, 0.4) is 0 Å². The molecule has 4 N–H and O–H groups in total. The normalized spacial score (nSPS) is 11.4. The van der Waals surface area contributed by atoms with Gasteiger partial charge in [-0.15, -0.1) is 22.7 Å².